The Hall–Kier alpha value is -3.02. The van der Waals surface area contributed by atoms with E-state index in [2.05, 4.69) is 55.3 Å². The van der Waals surface area contributed by atoms with Crippen LogP contribution in [0, 0.1) is 5.92 Å². The van der Waals surface area contributed by atoms with Crippen molar-refractivity contribution < 1.29 is 4.52 Å². The summed E-state index contributed by atoms with van der Waals surface area (Å²) < 4.78 is 7.50. The number of hydrogen-bond acceptors (Lipinski definition) is 5. The van der Waals surface area contributed by atoms with Gasteiger partial charge in [-0.2, -0.15) is 4.98 Å². The van der Waals surface area contributed by atoms with E-state index in [9.17, 15) is 0 Å². The smallest absolute Gasteiger partial charge is 0.258 e. The topological polar surface area (TPSA) is 69.6 Å². The molecule has 0 radical (unpaired) electrons. The lowest BCUT2D eigenvalue weighted by Gasteiger charge is -2.17. The maximum atomic E-state index is 5.59. The van der Waals surface area contributed by atoms with E-state index in [4.69, 9.17) is 9.51 Å². The van der Waals surface area contributed by atoms with Gasteiger partial charge in [-0.05, 0) is 43.5 Å². The van der Waals surface area contributed by atoms with Crippen molar-refractivity contribution in [1.29, 1.82) is 0 Å². The normalized spacial score (nSPS) is 13.0. The van der Waals surface area contributed by atoms with Crippen molar-refractivity contribution >= 4 is 11.0 Å². The number of nitrogens with zero attached hydrogens (tertiary/aromatic N) is 5. The highest BCUT2D eigenvalue weighted by Crippen LogP contribution is 2.31. The molecule has 0 spiro atoms. The number of rotatable bonds is 5. The predicted octanol–water partition coefficient (Wildman–Crippen LogP) is 4.85. The van der Waals surface area contributed by atoms with Crippen LogP contribution >= 0.6 is 0 Å². The molecule has 6 nitrogen and oxygen atoms in total. The minimum atomic E-state index is 0.0919. The molecule has 0 N–H and O–H groups in total. The quantitative estimate of drug-likeness (QED) is 0.508. The van der Waals surface area contributed by atoms with E-state index in [0.29, 0.717) is 17.6 Å². The van der Waals surface area contributed by atoms with Gasteiger partial charge in [0.05, 0.1) is 5.52 Å². The van der Waals surface area contributed by atoms with E-state index in [1.54, 1.807) is 0 Å². The summed E-state index contributed by atoms with van der Waals surface area (Å²) in [6, 6.07) is 16.5. The van der Waals surface area contributed by atoms with Crippen molar-refractivity contribution in [3.8, 4) is 11.5 Å². The van der Waals surface area contributed by atoms with Gasteiger partial charge in [-0.1, -0.05) is 54.5 Å². The third kappa shape index (κ3) is 3.23. The van der Waals surface area contributed by atoms with E-state index in [1.165, 1.54) is 5.56 Å². The van der Waals surface area contributed by atoms with Crippen LogP contribution in [0.5, 0.6) is 0 Å². The highest BCUT2D eigenvalue weighted by atomic mass is 16.5. The molecule has 2 heterocycles. The zero-order valence-corrected chi connectivity index (χ0v) is 16.0. The summed E-state index contributed by atoms with van der Waals surface area (Å²) in [6.07, 6.45) is 0. The molecule has 1 atom stereocenters. The van der Waals surface area contributed by atoms with Gasteiger partial charge in [0.1, 0.15) is 5.52 Å². The van der Waals surface area contributed by atoms with E-state index in [0.717, 1.165) is 16.6 Å². The number of benzene rings is 2. The maximum Gasteiger partial charge on any atom is 0.258 e. The molecule has 0 aliphatic carbocycles. The third-order valence-electron chi connectivity index (χ3n) is 4.75. The summed E-state index contributed by atoms with van der Waals surface area (Å²) >= 11 is 0. The van der Waals surface area contributed by atoms with Crippen LogP contribution in [0.2, 0.25) is 0 Å². The van der Waals surface area contributed by atoms with E-state index < -0.39 is 0 Å². The first-order valence-corrected chi connectivity index (χ1v) is 9.28. The molecule has 0 aliphatic rings. The van der Waals surface area contributed by atoms with Gasteiger partial charge in [0.15, 0.2) is 5.82 Å². The van der Waals surface area contributed by atoms with Crippen LogP contribution in [0.25, 0.3) is 22.5 Å². The van der Waals surface area contributed by atoms with Crippen LogP contribution in [-0.4, -0.2) is 25.1 Å². The van der Waals surface area contributed by atoms with Crippen LogP contribution < -0.4 is 0 Å². The van der Waals surface area contributed by atoms with Crippen molar-refractivity contribution in [1.82, 2.24) is 25.1 Å². The van der Waals surface area contributed by atoms with Crippen LogP contribution in [0.15, 0.2) is 53.1 Å². The molecule has 0 fully saturated rings. The summed E-state index contributed by atoms with van der Waals surface area (Å²) in [5, 5.41) is 12.8. The number of fused-ring (bicyclic) bond motifs is 1. The first-order chi connectivity index (χ1) is 13.0. The Labute approximate surface area is 158 Å². The highest BCUT2D eigenvalue weighted by Gasteiger charge is 2.24. The average molecular weight is 361 g/mol. The Morgan fingerprint density at radius 3 is 2.44 bits per heavy atom. The standard InChI is InChI=1S/C21H23N5O/c1-13(2)19(15-8-6-5-7-9-15)20-22-21(27-24-20)16-10-11-18-17(12-16)23-25-26(18)14(3)4/h5-14,19H,1-4H3. The predicted molar refractivity (Wildman–Crippen MR) is 104 cm³/mol. The first kappa shape index (κ1) is 17.4. The molecular formula is C21H23N5O. The summed E-state index contributed by atoms with van der Waals surface area (Å²) in [4.78, 5) is 4.69. The second-order valence-electron chi connectivity index (χ2n) is 7.42. The molecule has 27 heavy (non-hydrogen) atoms. The molecular weight excluding hydrogens is 338 g/mol. The Balaban J connectivity index is 1.70. The zero-order valence-electron chi connectivity index (χ0n) is 16.0. The Bertz CT molecular complexity index is 1050. The lowest BCUT2D eigenvalue weighted by molar-refractivity contribution is 0.409. The van der Waals surface area contributed by atoms with Crippen LogP contribution in [0.3, 0.4) is 0 Å². The lowest BCUT2D eigenvalue weighted by atomic mass is 9.88. The van der Waals surface area contributed by atoms with Gasteiger partial charge in [0, 0.05) is 17.5 Å². The summed E-state index contributed by atoms with van der Waals surface area (Å²) in [7, 11) is 0. The van der Waals surface area contributed by atoms with Gasteiger partial charge < -0.3 is 4.52 Å². The third-order valence-corrected chi connectivity index (χ3v) is 4.75. The van der Waals surface area contributed by atoms with Gasteiger partial charge in [-0.15, -0.1) is 5.10 Å². The van der Waals surface area contributed by atoms with Crippen molar-refractivity contribution in [2.24, 2.45) is 5.92 Å². The van der Waals surface area contributed by atoms with E-state index in [-0.39, 0.29) is 12.0 Å². The molecule has 0 bridgehead atoms. The molecule has 138 valence electrons. The van der Waals surface area contributed by atoms with Crippen LogP contribution in [-0.2, 0) is 0 Å². The van der Waals surface area contributed by atoms with Crippen molar-refractivity contribution in [3.63, 3.8) is 0 Å². The summed E-state index contributed by atoms with van der Waals surface area (Å²) in [5.41, 5.74) is 3.87. The van der Waals surface area contributed by atoms with Crippen molar-refractivity contribution in [2.75, 3.05) is 0 Å². The number of hydrogen-bond donors (Lipinski definition) is 0. The van der Waals surface area contributed by atoms with E-state index in [1.807, 2.05) is 41.1 Å². The molecule has 1 unspecified atom stereocenters. The molecule has 4 rings (SSSR count). The van der Waals surface area contributed by atoms with Gasteiger partial charge in [0.2, 0.25) is 0 Å². The molecule has 4 aromatic rings. The van der Waals surface area contributed by atoms with E-state index >= 15 is 0 Å². The van der Waals surface area contributed by atoms with Crippen molar-refractivity contribution in [2.45, 2.75) is 39.7 Å². The summed E-state index contributed by atoms with van der Waals surface area (Å²) in [6.45, 7) is 8.51. The molecule has 0 saturated carbocycles. The van der Waals surface area contributed by atoms with Crippen LogP contribution in [0.1, 0.15) is 51.0 Å². The molecule has 6 heteroatoms. The molecule has 2 aromatic carbocycles. The second-order valence-corrected chi connectivity index (χ2v) is 7.42. The fraction of sp³-hybridized carbons (Fsp3) is 0.333. The fourth-order valence-electron chi connectivity index (χ4n) is 3.43. The Kier molecular flexibility index (Phi) is 4.48. The average Bonchev–Trinajstić information content (AvgIpc) is 3.29. The Morgan fingerprint density at radius 1 is 0.963 bits per heavy atom. The fourth-order valence-corrected chi connectivity index (χ4v) is 3.43. The molecule has 0 saturated heterocycles. The minimum Gasteiger partial charge on any atom is -0.334 e. The van der Waals surface area contributed by atoms with Gasteiger partial charge in [-0.3, -0.25) is 0 Å². The highest BCUT2D eigenvalue weighted by molar-refractivity contribution is 5.79. The van der Waals surface area contributed by atoms with Crippen LogP contribution in [0.4, 0.5) is 0 Å². The second kappa shape index (κ2) is 6.95. The maximum absolute atomic E-state index is 5.59. The largest absolute Gasteiger partial charge is 0.334 e. The van der Waals surface area contributed by atoms with Gasteiger partial charge in [-0.25, -0.2) is 4.68 Å². The SMILES string of the molecule is CC(C)C(c1ccccc1)c1noc(-c2ccc3c(c2)nnn3C(C)C)n1. The van der Waals surface area contributed by atoms with Gasteiger partial charge >= 0.3 is 0 Å². The first-order valence-electron chi connectivity index (χ1n) is 9.28. The lowest BCUT2D eigenvalue weighted by Crippen LogP contribution is -2.10. The zero-order chi connectivity index (χ0) is 19.0. The molecule has 0 aliphatic heterocycles. The van der Waals surface area contributed by atoms with Crippen molar-refractivity contribution in [3.05, 3.63) is 59.9 Å². The number of aromatic nitrogens is 5. The van der Waals surface area contributed by atoms with Gasteiger partial charge in [0.25, 0.3) is 5.89 Å². The molecule has 0 amide bonds. The molecule has 2 aromatic heterocycles. The Morgan fingerprint density at radius 2 is 1.74 bits per heavy atom. The monoisotopic (exact) mass is 361 g/mol. The minimum absolute atomic E-state index is 0.0919. The summed E-state index contributed by atoms with van der Waals surface area (Å²) in [5.74, 6) is 1.66.